The Morgan fingerprint density at radius 3 is 2.72 bits per heavy atom. The number of hydrogen-bond donors (Lipinski definition) is 2. The zero-order chi connectivity index (χ0) is 25.6. The predicted octanol–water partition coefficient (Wildman–Crippen LogP) is 4.05. The first-order valence-corrected chi connectivity index (χ1v) is 12.1. The van der Waals surface area contributed by atoms with Crippen LogP contribution in [0, 0.1) is 29.4 Å². The Morgan fingerprint density at radius 1 is 1.25 bits per heavy atom. The van der Waals surface area contributed by atoms with E-state index in [-0.39, 0.29) is 47.0 Å². The van der Waals surface area contributed by atoms with Crippen molar-refractivity contribution in [1.29, 1.82) is 0 Å². The van der Waals surface area contributed by atoms with Crippen molar-refractivity contribution in [2.24, 2.45) is 17.8 Å². The first-order valence-electron chi connectivity index (χ1n) is 12.1. The molecule has 2 aromatic rings. The van der Waals surface area contributed by atoms with Crippen LogP contribution < -0.4 is 20.4 Å². The minimum Gasteiger partial charge on any atom is -0.450 e. The molecule has 0 radical (unpaired) electrons. The molecule has 1 saturated carbocycles. The molecule has 192 valence electrons. The molecule has 9 nitrogen and oxygen atoms in total. The molecule has 0 spiro atoms. The molecule has 1 aromatic heterocycles. The van der Waals surface area contributed by atoms with Crippen molar-refractivity contribution < 1.29 is 33.0 Å². The molecule has 11 heteroatoms. The number of pyridine rings is 1. The van der Waals surface area contributed by atoms with Crippen molar-refractivity contribution in [2.45, 2.75) is 32.2 Å². The van der Waals surface area contributed by atoms with E-state index in [1.165, 1.54) is 10.8 Å². The summed E-state index contributed by atoms with van der Waals surface area (Å²) in [5, 5.41) is 11.5. The van der Waals surface area contributed by atoms with Crippen LogP contribution >= 0.6 is 0 Å². The number of carbonyl (C=O) groups excluding carboxylic acids is 1. The van der Waals surface area contributed by atoms with Crippen molar-refractivity contribution in [3.05, 3.63) is 46.3 Å². The molecule has 3 aliphatic rings. The summed E-state index contributed by atoms with van der Waals surface area (Å²) in [6, 6.07) is 0.848. The number of allylic oxidation sites excluding steroid dienone is 1. The fourth-order valence-corrected chi connectivity index (χ4v) is 5.48. The molecule has 3 unspecified atom stereocenters. The first-order chi connectivity index (χ1) is 17.3. The standard InChI is InChI=1S/C25H27F2N3O6/c1-2-35-24(32)28-9-13-4-3-5-14-10-29(11-17(13)14)22-18(26)8-16-21(20(22)27)30(15-6-7-15)12-19(23(16)31)36-25(33)34/h3,5,8,12-15,17H,2,4,6-7,9-11H2,1H3,(H,28,32)(H,33,34). The van der Waals surface area contributed by atoms with Gasteiger partial charge in [-0.2, -0.15) is 0 Å². The molecule has 1 aliphatic heterocycles. The van der Waals surface area contributed by atoms with Crippen LogP contribution in [0.25, 0.3) is 10.9 Å². The molecule has 0 bridgehead atoms. The Morgan fingerprint density at radius 2 is 2.03 bits per heavy atom. The number of benzene rings is 1. The van der Waals surface area contributed by atoms with Gasteiger partial charge in [0.1, 0.15) is 11.5 Å². The Labute approximate surface area is 205 Å². The fourth-order valence-electron chi connectivity index (χ4n) is 5.48. The summed E-state index contributed by atoms with van der Waals surface area (Å²) in [5.74, 6) is -2.01. The van der Waals surface area contributed by atoms with Crippen molar-refractivity contribution in [2.75, 3.05) is 31.1 Å². The average Bonchev–Trinajstić information content (AvgIpc) is 3.58. The summed E-state index contributed by atoms with van der Waals surface area (Å²) >= 11 is 0. The number of halogens is 2. The molecular formula is C25H27F2N3O6. The monoisotopic (exact) mass is 503 g/mol. The molecule has 36 heavy (non-hydrogen) atoms. The fraction of sp³-hybridized carbons (Fsp3) is 0.480. The number of aromatic nitrogens is 1. The number of hydrogen-bond acceptors (Lipinski definition) is 6. The zero-order valence-corrected chi connectivity index (χ0v) is 19.7. The maximum atomic E-state index is 16.0. The molecule has 1 aromatic carbocycles. The van der Waals surface area contributed by atoms with E-state index in [0.29, 0.717) is 19.6 Å². The molecule has 5 rings (SSSR count). The number of nitrogens with zero attached hydrogens (tertiary/aromatic N) is 2. The number of carbonyl (C=O) groups is 2. The van der Waals surface area contributed by atoms with Crippen molar-refractivity contribution in [3.63, 3.8) is 0 Å². The van der Waals surface area contributed by atoms with Gasteiger partial charge in [-0.3, -0.25) is 4.79 Å². The van der Waals surface area contributed by atoms with Gasteiger partial charge in [0.25, 0.3) is 0 Å². The Bertz CT molecular complexity index is 1310. The highest BCUT2D eigenvalue weighted by molar-refractivity contribution is 5.86. The van der Waals surface area contributed by atoms with Crippen molar-refractivity contribution in [1.82, 2.24) is 9.88 Å². The third-order valence-electron chi connectivity index (χ3n) is 7.23. The van der Waals surface area contributed by atoms with E-state index >= 15 is 8.78 Å². The zero-order valence-electron chi connectivity index (χ0n) is 19.7. The van der Waals surface area contributed by atoms with E-state index in [0.717, 1.165) is 25.3 Å². The third kappa shape index (κ3) is 4.38. The lowest BCUT2D eigenvalue weighted by Crippen LogP contribution is -2.36. The first kappa shape index (κ1) is 24.1. The lowest BCUT2D eigenvalue weighted by atomic mass is 9.78. The normalized spacial score (nSPS) is 23.0. The van der Waals surface area contributed by atoms with Crippen LogP contribution in [0.1, 0.15) is 32.2 Å². The number of rotatable bonds is 6. The summed E-state index contributed by atoms with van der Waals surface area (Å²) in [4.78, 5) is 37.2. The summed E-state index contributed by atoms with van der Waals surface area (Å²) < 4.78 is 42.4. The maximum absolute atomic E-state index is 16.0. The maximum Gasteiger partial charge on any atom is 0.511 e. The molecule has 2 aliphatic carbocycles. The van der Waals surface area contributed by atoms with Gasteiger partial charge >= 0.3 is 12.2 Å². The number of anilines is 1. The van der Waals surface area contributed by atoms with Gasteiger partial charge in [-0.1, -0.05) is 12.2 Å². The van der Waals surface area contributed by atoms with Crippen LogP contribution in [0.3, 0.4) is 0 Å². The average molecular weight is 504 g/mol. The molecule has 2 heterocycles. The van der Waals surface area contributed by atoms with Gasteiger partial charge in [0.2, 0.25) is 5.43 Å². The molecule has 2 N–H and O–H groups in total. The Kier molecular flexibility index (Phi) is 6.31. The van der Waals surface area contributed by atoms with Gasteiger partial charge in [-0.15, -0.1) is 0 Å². The third-order valence-corrected chi connectivity index (χ3v) is 7.23. The second-order valence-electron chi connectivity index (χ2n) is 9.50. The lowest BCUT2D eigenvalue weighted by molar-refractivity contribution is 0.143. The quantitative estimate of drug-likeness (QED) is 0.452. The molecule has 3 atom stereocenters. The van der Waals surface area contributed by atoms with Gasteiger partial charge < -0.3 is 29.4 Å². The highest BCUT2D eigenvalue weighted by Gasteiger charge is 2.40. The Balaban J connectivity index is 1.49. The van der Waals surface area contributed by atoms with Crippen LogP contribution in [0.4, 0.5) is 24.1 Å². The number of nitrogens with one attached hydrogen (secondary N) is 1. The van der Waals surface area contributed by atoms with Crippen LogP contribution in [-0.4, -0.2) is 48.2 Å². The van der Waals surface area contributed by atoms with Gasteiger partial charge in [-0.05, 0) is 50.0 Å². The summed E-state index contributed by atoms with van der Waals surface area (Å²) in [6.45, 7) is 3.17. The second-order valence-corrected chi connectivity index (χ2v) is 9.50. The minimum atomic E-state index is -1.67. The van der Waals surface area contributed by atoms with E-state index in [1.54, 1.807) is 11.8 Å². The number of fused-ring (bicyclic) bond motifs is 2. The molecule has 1 amide bonds. The van der Waals surface area contributed by atoms with E-state index in [4.69, 9.17) is 9.84 Å². The van der Waals surface area contributed by atoms with Crippen LogP contribution in [-0.2, 0) is 4.74 Å². The number of alkyl carbamates (subject to hydrolysis) is 1. The minimum absolute atomic E-state index is 0.0532. The topological polar surface area (TPSA) is 110 Å². The van der Waals surface area contributed by atoms with Crippen LogP contribution in [0.15, 0.2) is 29.2 Å². The number of amides is 1. The van der Waals surface area contributed by atoms with E-state index in [9.17, 15) is 14.4 Å². The van der Waals surface area contributed by atoms with Gasteiger partial charge in [0, 0.05) is 25.7 Å². The smallest absolute Gasteiger partial charge is 0.450 e. The van der Waals surface area contributed by atoms with Crippen LogP contribution in [0.5, 0.6) is 5.75 Å². The van der Waals surface area contributed by atoms with Gasteiger partial charge in [0.05, 0.1) is 23.7 Å². The lowest BCUT2D eigenvalue weighted by Gasteiger charge is -2.29. The summed E-state index contributed by atoms with van der Waals surface area (Å²) in [5.41, 5.74) is -1.14. The van der Waals surface area contributed by atoms with Crippen LogP contribution in [0.2, 0.25) is 0 Å². The largest absolute Gasteiger partial charge is 0.511 e. The van der Waals surface area contributed by atoms with E-state index < -0.39 is 35.1 Å². The molecular weight excluding hydrogens is 476 g/mol. The highest BCUT2D eigenvalue weighted by Crippen LogP contribution is 2.43. The summed E-state index contributed by atoms with van der Waals surface area (Å²) in [7, 11) is 0. The predicted molar refractivity (Wildman–Crippen MR) is 127 cm³/mol. The van der Waals surface area contributed by atoms with Crippen molar-refractivity contribution >= 4 is 28.8 Å². The number of ether oxygens (including phenoxy) is 2. The Hall–Kier alpha value is -3.63. The van der Waals surface area contributed by atoms with E-state index in [1.807, 2.05) is 6.08 Å². The van der Waals surface area contributed by atoms with Crippen molar-refractivity contribution in [3.8, 4) is 5.75 Å². The summed E-state index contributed by atoms with van der Waals surface area (Å²) in [6.07, 6.45) is 5.31. The second kappa shape index (κ2) is 9.44. The SMILES string of the molecule is CCOC(=O)NCC1CC=CC2CN(c3c(F)cc4c(=O)c(OC(=O)O)cn(C5CC5)c4c3F)CC21. The van der Waals surface area contributed by atoms with Gasteiger partial charge in [-0.25, -0.2) is 18.4 Å². The number of carboxylic acid groups (broad SMARTS) is 1. The van der Waals surface area contributed by atoms with E-state index in [2.05, 4.69) is 16.1 Å². The highest BCUT2D eigenvalue weighted by atomic mass is 19.1. The molecule has 1 saturated heterocycles. The van der Waals surface area contributed by atoms with Gasteiger partial charge in [0.15, 0.2) is 11.6 Å². The molecule has 2 fully saturated rings.